The zero-order valence-electron chi connectivity index (χ0n) is 13.5. The van der Waals surface area contributed by atoms with Gasteiger partial charge in [-0.15, -0.1) is 0 Å². The Balaban J connectivity index is 2.10. The molecule has 10 heteroatoms. The lowest BCUT2D eigenvalue weighted by atomic mass is 10.1. The molecule has 1 aromatic carbocycles. The van der Waals surface area contributed by atoms with Crippen LogP contribution in [0.1, 0.15) is 22.3 Å². The SMILES string of the molecule is CN1C(=O)/C(=C\c2ccc(C(=O)N[C@H](CC(=O)O)C(=O)O)cc2)SC1=S. The largest absolute Gasteiger partial charge is 0.481 e. The summed E-state index contributed by atoms with van der Waals surface area (Å²) in [6.45, 7) is 0. The maximum Gasteiger partial charge on any atom is 0.326 e. The van der Waals surface area contributed by atoms with Crippen LogP contribution in [-0.4, -0.2) is 56.3 Å². The van der Waals surface area contributed by atoms with Crippen LogP contribution in [0.25, 0.3) is 6.08 Å². The van der Waals surface area contributed by atoms with Gasteiger partial charge in [-0.1, -0.05) is 36.1 Å². The number of benzene rings is 1. The Labute approximate surface area is 157 Å². The van der Waals surface area contributed by atoms with E-state index in [9.17, 15) is 19.2 Å². The summed E-state index contributed by atoms with van der Waals surface area (Å²) in [6.07, 6.45) is 0.910. The van der Waals surface area contributed by atoms with Gasteiger partial charge in [0.05, 0.1) is 11.3 Å². The van der Waals surface area contributed by atoms with Gasteiger partial charge in [-0.3, -0.25) is 19.3 Å². The first kappa shape index (κ1) is 19.6. The fourth-order valence-electron chi connectivity index (χ4n) is 2.04. The lowest BCUT2D eigenvalue weighted by molar-refractivity contribution is -0.145. The van der Waals surface area contributed by atoms with Gasteiger partial charge in [-0.2, -0.15) is 0 Å². The fourth-order valence-corrected chi connectivity index (χ4v) is 3.22. The Bertz CT molecular complexity index is 819. The van der Waals surface area contributed by atoms with Gasteiger partial charge in [-0.05, 0) is 23.8 Å². The van der Waals surface area contributed by atoms with Crippen LogP contribution in [0.2, 0.25) is 0 Å². The van der Waals surface area contributed by atoms with E-state index < -0.39 is 30.3 Å². The van der Waals surface area contributed by atoms with Gasteiger partial charge >= 0.3 is 11.9 Å². The molecule has 136 valence electrons. The predicted molar refractivity (Wildman–Crippen MR) is 98.5 cm³/mol. The number of hydrogen-bond acceptors (Lipinski definition) is 6. The maximum atomic E-state index is 12.1. The molecule has 3 N–H and O–H groups in total. The lowest BCUT2D eigenvalue weighted by Gasteiger charge is -2.12. The number of thiocarbonyl (C=S) groups is 1. The second-order valence-electron chi connectivity index (χ2n) is 5.32. The van der Waals surface area contributed by atoms with E-state index in [1.54, 1.807) is 25.3 Å². The van der Waals surface area contributed by atoms with Crippen molar-refractivity contribution in [1.29, 1.82) is 0 Å². The highest BCUT2D eigenvalue weighted by atomic mass is 32.2. The summed E-state index contributed by atoms with van der Waals surface area (Å²) in [5.74, 6) is -3.68. The van der Waals surface area contributed by atoms with E-state index in [0.29, 0.717) is 14.8 Å². The van der Waals surface area contributed by atoms with Crippen molar-refractivity contribution in [2.24, 2.45) is 0 Å². The monoisotopic (exact) mass is 394 g/mol. The van der Waals surface area contributed by atoms with Crippen LogP contribution >= 0.6 is 24.0 Å². The minimum Gasteiger partial charge on any atom is -0.481 e. The molecule has 0 spiro atoms. The molecule has 1 aliphatic heterocycles. The predicted octanol–water partition coefficient (Wildman–Crippen LogP) is 1.18. The van der Waals surface area contributed by atoms with Crippen LogP contribution < -0.4 is 5.32 Å². The third-order valence-electron chi connectivity index (χ3n) is 3.44. The molecular weight excluding hydrogens is 380 g/mol. The Morgan fingerprint density at radius 3 is 2.35 bits per heavy atom. The van der Waals surface area contributed by atoms with E-state index in [-0.39, 0.29) is 11.5 Å². The molecule has 1 heterocycles. The summed E-state index contributed by atoms with van der Waals surface area (Å²) < 4.78 is 0.454. The molecule has 0 aliphatic carbocycles. The van der Waals surface area contributed by atoms with Crippen molar-refractivity contribution in [2.75, 3.05) is 7.05 Å². The highest BCUT2D eigenvalue weighted by molar-refractivity contribution is 8.26. The third kappa shape index (κ3) is 4.67. The van der Waals surface area contributed by atoms with E-state index in [0.717, 1.165) is 0 Å². The maximum absolute atomic E-state index is 12.1. The van der Waals surface area contributed by atoms with Crippen LogP contribution in [-0.2, 0) is 14.4 Å². The molecular formula is C16H14N2O6S2. The van der Waals surface area contributed by atoms with E-state index in [2.05, 4.69) is 5.32 Å². The number of nitrogens with zero attached hydrogens (tertiary/aromatic N) is 1. The minimum atomic E-state index is -1.52. The molecule has 1 fully saturated rings. The first-order valence-electron chi connectivity index (χ1n) is 7.26. The van der Waals surface area contributed by atoms with Gasteiger partial charge < -0.3 is 15.5 Å². The van der Waals surface area contributed by atoms with Gasteiger partial charge in [-0.25, -0.2) is 4.79 Å². The van der Waals surface area contributed by atoms with E-state index in [1.807, 2.05) is 0 Å². The van der Waals surface area contributed by atoms with E-state index >= 15 is 0 Å². The van der Waals surface area contributed by atoms with Gasteiger partial charge in [0.2, 0.25) is 0 Å². The van der Waals surface area contributed by atoms with Crippen molar-refractivity contribution < 1.29 is 29.4 Å². The number of hydrogen-bond donors (Lipinski definition) is 3. The standard InChI is InChI=1S/C16H14N2O6S2/c1-18-14(22)11(26-16(18)25)6-8-2-4-9(5-3-8)13(21)17-10(15(23)24)7-12(19)20/h2-6,10H,7H2,1H3,(H,17,21)(H,19,20)(H,23,24)/b11-6+/t10-/m1/s1. The summed E-state index contributed by atoms with van der Waals surface area (Å²) in [5, 5.41) is 19.8. The molecule has 0 saturated carbocycles. The molecule has 0 unspecified atom stereocenters. The van der Waals surface area contributed by atoms with Gasteiger partial charge in [0.15, 0.2) is 0 Å². The quantitative estimate of drug-likeness (QED) is 0.485. The molecule has 26 heavy (non-hydrogen) atoms. The zero-order chi connectivity index (χ0) is 19.4. The number of rotatable bonds is 6. The number of thioether (sulfide) groups is 1. The Kier molecular flexibility index (Phi) is 6.11. The molecule has 0 radical (unpaired) electrons. The molecule has 1 aliphatic rings. The number of carbonyl (C=O) groups is 4. The van der Waals surface area contributed by atoms with Crippen LogP contribution in [0.4, 0.5) is 0 Å². The molecule has 0 aromatic heterocycles. The third-order valence-corrected chi connectivity index (χ3v) is 4.92. The Morgan fingerprint density at radius 1 is 1.27 bits per heavy atom. The Morgan fingerprint density at radius 2 is 1.88 bits per heavy atom. The highest BCUT2D eigenvalue weighted by Crippen LogP contribution is 2.31. The van der Waals surface area contributed by atoms with Crippen LogP contribution in [0.5, 0.6) is 0 Å². The average molecular weight is 394 g/mol. The highest BCUT2D eigenvalue weighted by Gasteiger charge is 2.28. The molecule has 1 saturated heterocycles. The van der Waals surface area contributed by atoms with Crippen molar-refractivity contribution in [3.05, 3.63) is 40.3 Å². The van der Waals surface area contributed by atoms with Crippen LogP contribution in [0.15, 0.2) is 29.2 Å². The number of carboxylic acids is 2. The number of carboxylic acid groups (broad SMARTS) is 2. The molecule has 8 nitrogen and oxygen atoms in total. The minimum absolute atomic E-state index is 0.168. The number of carbonyl (C=O) groups excluding carboxylic acids is 2. The number of aliphatic carboxylic acids is 2. The van der Waals surface area contributed by atoms with Crippen molar-refractivity contribution in [3.8, 4) is 0 Å². The average Bonchev–Trinajstić information content (AvgIpc) is 2.81. The van der Waals surface area contributed by atoms with Gasteiger partial charge in [0.25, 0.3) is 11.8 Å². The van der Waals surface area contributed by atoms with Crippen molar-refractivity contribution >= 4 is 58.1 Å². The van der Waals surface area contributed by atoms with E-state index in [1.165, 1.54) is 28.8 Å². The Hall–Kier alpha value is -2.72. The first-order valence-corrected chi connectivity index (χ1v) is 8.48. The summed E-state index contributed by atoms with van der Waals surface area (Å²) in [4.78, 5) is 47.5. The second-order valence-corrected chi connectivity index (χ2v) is 7.00. The number of likely N-dealkylation sites (N-methyl/N-ethyl adjacent to an activating group) is 1. The second kappa shape index (κ2) is 8.11. The summed E-state index contributed by atoms with van der Waals surface area (Å²) in [7, 11) is 1.59. The van der Waals surface area contributed by atoms with Crippen molar-refractivity contribution in [2.45, 2.75) is 12.5 Å². The lowest BCUT2D eigenvalue weighted by Crippen LogP contribution is -2.42. The van der Waals surface area contributed by atoms with Crippen molar-refractivity contribution in [1.82, 2.24) is 10.2 Å². The summed E-state index contributed by atoms with van der Waals surface area (Å²) in [6, 6.07) is 4.56. The topological polar surface area (TPSA) is 124 Å². The molecule has 2 rings (SSSR count). The summed E-state index contributed by atoms with van der Waals surface area (Å²) in [5.41, 5.74) is 0.831. The molecule has 2 amide bonds. The summed E-state index contributed by atoms with van der Waals surface area (Å²) >= 11 is 6.22. The van der Waals surface area contributed by atoms with Crippen LogP contribution in [0.3, 0.4) is 0 Å². The normalized spacial score (nSPS) is 16.7. The smallest absolute Gasteiger partial charge is 0.326 e. The zero-order valence-corrected chi connectivity index (χ0v) is 15.1. The van der Waals surface area contributed by atoms with Crippen LogP contribution in [0, 0.1) is 0 Å². The first-order chi connectivity index (χ1) is 12.2. The van der Waals surface area contributed by atoms with Crippen molar-refractivity contribution in [3.63, 3.8) is 0 Å². The molecule has 1 aromatic rings. The van der Waals surface area contributed by atoms with Gasteiger partial charge in [0.1, 0.15) is 10.4 Å². The number of amides is 2. The molecule has 0 bridgehead atoms. The van der Waals surface area contributed by atoms with E-state index in [4.69, 9.17) is 22.4 Å². The van der Waals surface area contributed by atoms with Gasteiger partial charge in [0, 0.05) is 12.6 Å². The number of nitrogens with one attached hydrogen (secondary N) is 1. The fraction of sp³-hybridized carbons (Fsp3) is 0.188. The molecule has 1 atom stereocenters.